The van der Waals surface area contributed by atoms with Gasteiger partial charge in [-0.15, -0.1) is 11.3 Å². The molecular formula is C14H22N4O2S2. The molecule has 0 amide bonds. The van der Waals surface area contributed by atoms with Crippen molar-refractivity contribution in [3.8, 4) is 0 Å². The van der Waals surface area contributed by atoms with Crippen molar-refractivity contribution in [1.29, 1.82) is 0 Å². The van der Waals surface area contributed by atoms with Gasteiger partial charge >= 0.3 is 5.97 Å². The van der Waals surface area contributed by atoms with Crippen LogP contribution in [0.4, 0.5) is 0 Å². The largest absolute Gasteiger partial charge is 0.468 e. The van der Waals surface area contributed by atoms with Crippen LogP contribution in [0.1, 0.15) is 17.1 Å². The Morgan fingerprint density at radius 2 is 2.27 bits per heavy atom. The van der Waals surface area contributed by atoms with Crippen LogP contribution in [-0.2, 0) is 16.1 Å². The smallest absolute Gasteiger partial charge is 0.325 e. The SMILES string of the molecule is COC(=O)CNC(=S)N1CCCN(Cc2csc(C)n2)CC1. The Hall–Kier alpha value is -1.25. The van der Waals surface area contributed by atoms with Crippen molar-refractivity contribution in [2.75, 3.05) is 39.8 Å². The number of esters is 1. The maximum atomic E-state index is 11.1. The highest BCUT2D eigenvalue weighted by molar-refractivity contribution is 7.80. The number of hydrogen-bond donors (Lipinski definition) is 1. The van der Waals surface area contributed by atoms with Gasteiger partial charge in [-0.1, -0.05) is 0 Å². The van der Waals surface area contributed by atoms with Gasteiger partial charge in [0, 0.05) is 38.1 Å². The Labute approximate surface area is 140 Å². The van der Waals surface area contributed by atoms with Crippen LogP contribution in [0.15, 0.2) is 5.38 Å². The van der Waals surface area contributed by atoms with Crippen LogP contribution in [-0.4, -0.2) is 65.7 Å². The number of carbonyl (C=O) groups is 1. The van der Waals surface area contributed by atoms with Crippen molar-refractivity contribution in [2.24, 2.45) is 0 Å². The maximum Gasteiger partial charge on any atom is 0.325 e. The highest BCUT2D eigenvalue weighted by atomic mass is 32.1. The van der Waals surface area contributed by atoms with Gasteiger partial charge in [0.2, 0.25) is 0 Å². The van der Waals surface area contributed by atoms with Crippen molar-refractivity contribution in [2.45, 2.75) is 19.9 Å². The molecule has 1 aliphatic heterocycles. The summed E-state index contributed by atoms with van der Waals surface area (Å²) in [7, 11) is 1.37. The first kappa shape index (κ1) is 17.1. The van der Waals surface area contributed by atoms with E-state index in [-0.39, 0.29) is 12.5 Å². The van der Waals surface area contributed by atoms with Crippen LogP contribution in [0, 0.1) is 6.92 Å². The average molecular weight is 342 g/mol. The summed E-state index contributed by atoms with van der Waals surface area (Å²) in [6.45, 7) is 6.77. The number of thiazole rings is 1. The van der Waals surface area contributed by atoms with E-state index in [1.165, 1.54) is 7.11 Å². The molecule has 1 aromatic rings. The molecule has 2 rings (SSSR count). The summed E-state index contributed by atoms with van der Waals surface area (Å²) < 4.78 is 4.60. The molecule has 1 fully saturated rings. The van der Waals surface area contributed by atoms with Crippen LogP contribution in [0.3, 0.4) is 0 Å². The number of ether oxygens (including phenoxy) is 1. The van der Waals surface area contributed by atoms with E-state index < -0.39 is 0 Å². The normalized spacial score (nSPS) is 16.2. The molecule has 122 valence electrons. The number of nitrogens with one attached hydrogen (secondary N) is 1. The molecule has 1 aromatic heterocycles. The van der Waals surface area contributed by atoms with Crippen molar-refractivity contribution in [3.05, 3.63) is 16.1 Å². The average Bonchev–Trinajstić information content (AvgIpc) is 2.78. The predicted octanol–water partition coefficient (Wildman–Crippen LogP) is 1.01. The molecule has 0 atom stereocenters. The first-order valence-electron chi connectivity index (χ1n) is 7.31. The highest BCUT2D eigenvalue weighted by Gasteiger charge is 2.18. The lowest BCUT2D eigenvalue weighted by molar-refractivity contribution is -0.139. The topological polar surface area (TPSA) is 57.7 Å². The fourth-order valence-electron chi connectivity index (χ4n) is 2.37. The van der Waals surface area contributed by atoms with Gasteiger partial charge in [-0.25, -0.2) is 4.98 Å². The molecular weight excluding hydrogens is 320 g/mol. The van der Waals surface area contributed by atoms with Gasteiger partial charge in [0.1, 0.15) is 6.54 Å². The number of hydrogen-bond acceptors (Lipinski definition) is 6. The van der Waals surface area contributed by atoms with Crippen molar-refractivity contribution in [3.63, 3.8) is 0 Å². The van der Waals surface area contributed by atoms with Crippen LogP contribution >= 0.6 is 23.6 Å². The number of methoxy groups -OCH3 is 1. The van der Waals surface area contributed by atoms with E-state index in [0.29, 0.717) is 5.11 Å². The van der Waals surface area contributed by atoms with E-state index in [4.69, 9.17) is 12.2 Å². The summed E-state index contributed by atoms with van der Waals surface area (Å²) in [6, 6.07) is 0. The first-order chi connectivity index (χ1) is 10.6. The number of rotatable bonds is 4. The lowest BCUT2D eigenvalue weighted by atomic mass is 10.3. The van der Waals surface area contributed by atoms with Crippen molar-refractivity contribution in [1.82, 2.24) is 20.1 Å². The summed E-state index contributed by atoms with van der Waals surface area (Å²) in [5, 5.41) is 6.81. The minimum atomic E-state index is -0.308. The molecule has 0 aromatic carbocycles. The maximum absolute atomic E-state index is 11.1. The molecule has 2 heterocycles. The van der Waals surface area contributed by atoms with Gasteiger partial charge in [-0.2, -0.15) is 0 Å². The minimum absolute atomic E-state index is 0.119. The van der Waals surface area contributed by atoms with Gasteiger partial charge in [0.15, 0.2) is 5.11 Å². The second-order valence-corrected chi connectivity index (χ2v) is 6.66. The molecule has 1 N–H and O–H groups in total. The van der Waals surface area contributed by atoms with E-state index in [9.17, 15) is 4.79 Å². The summed E-state index contributed by atoms with van der Waals surface area (Å²) in [5.41, 5.74) is 1.14. The number of nitrogens with zero attached hydrogens (tertiary/aromatic N) is 3. The third kappa shape index (κ3) is 5.19. The van der Waals surface area contributed by atoms with Crippen molar-refractivity contribution < 1.29 is 9.53 Å². The number of aromatic nitrogens is 1. The van der Waals surface area contributed by atoms with Gasteiger partial charge in [0.05, 0.1) is 17.8 Å². The Bertz CT molecular complexity index is 521. The van der Waals surface area contributed by atoms with E-state index in [1.807, 2.05) is 6.92 Å². The molecule has 1 saturated heterocycles. The zero-order valence-corrected chi connectivity index (χ0v) is 14.6. The molecule has 1 aliphatic rings. The van der Waals surface area contributed by atoms with Gasteiger partial charge in [-0.3, -0.25) is 9.69 Å². The van der Waals surface area contributed by atoms with Gasteiger partial charge in [-0.05, 0) is 25.6 Å². The van der Waals surface area contributed by atoms with E-state index in [0.717, 1.165) is 49.8 Å². The quantitative estimate of drug-likeness (QED) is 0.647. The van der Waals surface area contributed by atoms with E-state index in [1.54, 1.807) is 11.3 Å². The minimum Gasteiger partial charge on any atom is -0.468 e. The third-order valence-electron chi connectivity index (χ3n) is 3.54. The Morgan fingerprint density at radius 3 is 2.95 bits per heavy atom. The monoisotopic (exact) mass is 342 g/mol. The van der Waals surface area contributed by atoms with Crippen LogP contribution in [0.25, 0.3) is 0 Å². The molecule has 22 heavy (non-hydrogen) atoms. The summed E-state index contributed by atoms with van der Waals surface area (Å²) in [5.74, 6) is -0.308. The van der Waals surface area contributed by atoms with Crippen molar-refractivity contribution >= 4 is 34.6 Å². The van der Waals surface area contributed by atoms with E-state index in [2.05, 4.69) is 30.2 Å². The summed E-state index contributed by atoms with van der Waals surface area (Å²) in [4.78, 5) is 20.2. The number of carbonyl (C=O) groups excluding carboxylic acids is 1. The van der Waals surface area contributed by atoms with Crippen LogP contribution < -0.4 is 5.32 Å². The fraction of sp³-hybridized carbons (Fsp3) is 0.643. The zero-order valence-electron chi connectivity index (χ0n) is 13.0. The number of aryl methyl sites for hydroxylation is 1. The Kier molecular flexibility index (Phi) is 6.53. The second kappa shape index (κ2) is 8.40. The third-order valence-corrected chi connectivity index (χ3v) is 4.76. The molecule has 0 aliphatic carbocycles. The molecule has 0 unspecified atom stereocenters. The predicted molar refractivity (Wildman–Crippen MR) is 90.9 cm³/mol. The lowest BCUT2D eigenvalue weighted by Gasteiger charge is -2.24. The molecule has 0 bridgehead atoms. The number of thiocarbonyl (C=S) groups is 1. The van der Waals surface area contributed by atoms with Gasteiger partial charge in [0.25, 0.3) is 0 Å². The zero-order chi connectivity index (χ0) is 15.9. The Balaban J connectivity index is 1.79. The van der Waals surface area contributed by atoms with Crippen LogP contribution in [0.2, 0.25) is 0 Å². The highest BCUT2D eigenvalue weighted by Crippen LogP contribution is 2.12. The Morgan fingerprint density at radius 1 is 1.45 bits per heavy atom. The van der Waals surface area contributed by atoms with Crippen LogP contribution in [0.5, 0.6) is 0 Å². The molecule has 0 radical (unpaired) electrons. The molecule has 8 heteroatoms. The first-order valence-corrected chi connectivity index (χ1v) is 8.60. The molecule has 0 spiro atoms. The second-order valence-electron chi connectivity index (χ2n) is 5.21. The van der Waals surface area contributed by atoms with Gasteiger partial charge < -0.3 is 15.0 Å². The molecule has 0 saturated carbocycles. The lowest BCUT2D eigenvalue weighted by Crippen LogP contribution is -2.43. The van der Waals surface area contributed by atoms with E-state index >= 15 is 0 Å². The molecule has 6 nitrogen and oxygen atoms in total. The summed E-state index contributed by atoms with van der Waals surface area (Å²) in [6.07, 6.45) is 1.04. The summed E-state index contributed by atoms with van der Waals surface area (Å²) >= 11 is 7.04. The standard InChI is InChI=1S/C14H22N4O2S2/c1-11-16-12(10-22-11)9-17-4-3-5-18(7-6-17)14(21)15-8-13(19)20-2/h10H,3-9H2,1-2H3,(H,15,21). The fourth-order valence-corrected chi connectivity index (χ4v) is 3.23.